The van der Waals surface area contributed by atoms with Gasteiger partial charge < -0.3 is 20.4 Å². The third kappa shape index (κ3) is 3.57. The number of ether oxygens (including phenoxy) is 1. The molecule has 0 bridgehead atoms. The quantitative estimate of drug-likeness (QED) is 0.725. The summed E-state index contributed by atoms with van der Waals surface area (Å²) in [4.78, 5) is 17.6. The summed E-state index contributed by atoms with van der Waals surface area (Å²) < 4.78 is 5.92. The second-order valence-corrected chi connectivity index (χ2v) is 7.46. The molecule has 1 fully saturated rings. The fraction of sp³-hybridized carbons (Fsp3) is 0.250. The van der Waals surface area contributed by atoms with Crippen LogP contribution in [0.5, 0.6) is 11.5 Å². The highest BCUT2D eigenvalue weighted by Gasteiger charge is 2.24. The number of fused-ring (bicyclic) bond motifs is 1. The number of para-hydroxylation sites is 1. The number of hydrogen-bond donors (Lipinski definition) is 2. The second-order valence-electron chi connectivity index (χ2n) is 6.39. The molecule has 6 heteroatoms. The van der Waals surface area contributed by atoms with Crippen LogP contribution in [-0.2, 0) is 11.2 Å². The number of carbonyl (C=O) groups excluding carboxylic acids is 1. The number of hydrogen-bond acceptors (Lipinski definition) is 4. The molecule has 1 aliphatic rings. The number of carbonyl (C=O) groups is 1. The SMILES string of the molecule is NC(Cc1c[nH]c2ccc(Oc3ccccc3)cc12)C(=O)N1CCSC1. The molecule has 0 radical (unpaired) electrons. The largest absolute Gasteiger partial charge is 0.457 e. The van der Waals surface area contributed by atoms with Crippen molar-refractivity contribution >= 4 is 28.6 Å². The molecule has 0 spiro atoms. The van der Waals surface area contributed by atoms with Gasteiger partial charge in [-0.25, -0.2) is 0 Å². The van der Waals surface area contributed by atoms with Crippen molar-refractivity contribution in [1.82, 2.24) is 9.88 Å². The van der Waals surface area contributed by atoms with E-state index >= 15 is 0 Å². The fourth-order valence-corrected chi connectivity index (χ4v) is 4.12. The van der Waals surface area contributed by atoms with Crippen molar-refractivity contribution in [2.75, 3.05) is 18.2 Å². The molecule has 26 heavy (non-hydrogen) atoms. The highest BCUT2D eigenvalue weighted by Crippen LogP contribution is 2.28. The third-order valence-corrected chi connectivity index (χ3v) is 5.50. The molecule has 0 aliphatic carbocycles. The molecule has 1 aliphatic heterocycles. The summed E-state index contributed by atoms with van der Waals surface area (Å²) in [6.45, 7) is 0.792. The third-order valence-electron chi connectivity index (χ3n) is 4.54. The van der Waals surface area contributed by atoms with Gasteiger partial charge in [0.25, 0.3) is 0 Å². The lowest BCUT2D eigenvalue weighted by atomic mass is 10.0. The fourth-order valence-electron chi connectivity index (χ4n) is 3.16. The first-order valence-electron chi connectivity index (χ1n) is 8.66. The van der Waals surface area contributed by atoms with Crippen LogP contribution in [0.25, 0.3) is 10.9 Å². The molecule has 2 heterocycles. The first kappa shape index (κ1) is 17.0. The smallest absolute Gasteiger partial charge is 0.240 e. The Balaban J connectivity index is 1.53. The van der Waals surface area contributed by atoms with Gasteiger partial charge in [-0.1, -0.05) is 18.2 Å². The Morgan fingerprint density at radius 3 is 2.85 bits per heavy atom. The van der Waals surface area contributed by atoms with Crippen molar-refractivity contribution in [1.29, 1.82) is 0 Å². The van der Waals surface area contributed by atoms with Crippen molar-refractivity contribution in [2.24, 2.45) is 5.73 Å². The van der Waals surface area contributed by atoms with Crippen molar-refractivity contribution in [2.45, 2.75) is 12.5 Å². The molecule has 4 rings (SSSR count). The molecule has 134 valence electrons. The molecule has 1 unspecified atom stereocenters. The Labute approximate surface area is 156 Å². The number of benzene rings is 2. The molecule has 1 aromatic heterocycles. The molecule has 3 aromatic rings. The molecule has 5 nitrogen and oxygen atoms in total. The van der Waals surface area contributed by atoms with Crippen molar-refractivity contribution < 1.29 is 9.53 Å². The van der Waals surface area contributed by atoms with Gasteiger partial charge in [0.15, 0.2) is 0 Å². The summed E-state index contributed by atoms with van der Waals surface area (Å²) in [6.07, 6.45) is 2.44. The van der Waals surface area contributed by atoms with Gasteiger partial charge in [0.2, 0.25) is 5.91 Å². The van der Waals surface area contributed by atoms with Crippen molar-refractivity contribution in [3.05, 3.63) is 60.3 Å². The van der Waals surface area contributed by atoms with Gasteiger partial charge in [0, 0.05) is 29.4 Å². The lowest BCUT2D eigenvalue weighted by Crippen LogP contribution is -2.43. The van der Waals surface area contributed by atoms with Crippen LogP contribution in [0.4, 0.5) is 0 Å². The minimum absolute atomic E-state index is 0.0287. The summed E-state index contributed by atoms with van der Waals surface area (Å²) >= 11 is 1.77. The molecule has 3 N–H and O–H groups in total. The summed E-state index contributed by atoms with van der Waals surface area (Å²) in [6, 6.07) is 15.1. The van der Waals surface area contributed by atoms with Crippen molar-refractivity contribution in [3.8, 4) is 11.5 Å². The molecule has 2 aromatic carbocycles. The van der Waals surface area contributed by atoms with Crippen LogP contribution in [0.3, 0.4) is 0 Å². The average Bonchev–Trinajstić information content (AvgIpc) is 3.32. The van der Waals surface area contributed by atoms with E-state index in [2.05, 4.69) is 4.98 Å². The van der Waals surface area contributed by atoms with Crippen LogP contribution < -0.4 is 10.5 Å². The van der Waals surface area contributed by atoms with E-state index in [1.807, 2.05) is 59.6 Å². The number of amides is 1. The normalized spacial score (nSPS) is 15.3. The number of thioether (sulfide) groups is 1. The van der Waals surface area contributed by atoms with Crippen LogP contribution in [-0.4, -0.2) is 40.0 Å². The van der Waals surface area contributed by atoms with E-state index in [0.717, 1.165) is 46.1 Å². The first-order valence-corrected chi connectivity index (χ1v) is 9.81. The van der Waals surface area contributed by atoms with Gasteiger partial charge in [-0.05, 0) is 42.3 Å². The number of nitrogens with two attached hydrogens (primary N) is 1. The first-order chi connectivity index (χ1) is 12.7. The number of rotatable bonds is 5. The molecule has 1 saturated heterocycles. The number of H-pyrrole nitrogens is 1. The molecule has 1 amide bonds. The zero-order valence-corrected chi connectivity index (χ0v) is 15.2. The molecule has 0 saturated carbocycles. The van der Waals surface area contributed by atoms with Crippen LogP contribution in [0.15, 0.2) is 54.7 Å². The minimum atomic E-state index is -0.522. The van der Waals surface area contributed by atoms with E-state index < -0.39 is 6.04 Å². The van der Waals surface area contributed by atoms with Crippen LogP contribution in [0.2, 0.25) is 0 Å². The van der Waals surface area contributed by atoms with E-state index in [1.165, 1.54) is 0 Å². The zero-order valence-electron chi connectivity index (χ0n) is 14.4. The lowest BCUT2D eigenvalue weighted by Gasteiger charge is -2.19. The number of nitrogens with one attached hydrogen (secondary N) is 1. The Hall–Kier alpha value is -2.44. The summed E-state index contributed by atoms with van der Waals surface area (Å²) in [5.41, 5.74) is 8.24. The van der Waals surface area contributed by atoms with E-state index in [1.54, 1.807) is 11.8 Å². The minimum Gasteiger partial charge on any atom is -0.457 e. The van der Waals surface area contributed by atoms with Crippen LogP contribution in [0.1, 0.15) is 5.56 Å². The molecular weight excluding hydrogens is 346 g/mol. The van der Waals surface area contributed by atoms with Crippen LogP contribution >= 0.6 is 11.8 Å². The highest BCUT2D eigenvalue weighted by molar-refractivity contribution is 7.99. The number of aromatic nitrogens is 1. The van der Waals surface area contributed by atoms with E-state index in [0.29, 0.717) is 6.42 Å². The maximum atomic E-state index is 12.5. The Morgan fingerprint density at radius 1 is 1.23 bits per heavy atom. The van der Waals surface area contributed by atoms with Gasteiger partial charge in [0.05, 0.1) is 11.9 Å². The number of aromatic amines is 1. The predicted octanol–water partition coefficient (Wildman–Crippen LogP) is 3.36. The van der Waals surface area contributed by atoms with E-state index in [-0.39, 0.29) is 5.91 Å². The van der Waals surface area contributed by atoms with Gasteiger partial charge in [0.1, 0.15) is 11.5 Å². The number of nitrogens with zero attached hydrogens (tertiary/aromatic N) is 1. The summed E-state index contributed by atoms with van der Waals surface area (Å²) in [5, 5.41) is 1.04. The van der Waals surface area contributed by atoms with Crippen molar-refractivity contribution in [3.63, 3.8) is 0 Å². The predicted molar refractivity (Wildman–Crippen MR) is 106 cm³/mol. The highest BCUT2D eigenvalue weighted by atomic mass is 32.2. The standard InChI is InChI=1S/C20H21N3O2S/c21-18(20(24)23-8-9-26-13-23)10-14-12-22-19-7-6-16(11-17(14)19)25-15-4-2-1-3-5-15/h1-7,11-12,18,22H,8-10,13,21H2. The second kappa shape index (κ2) is 7.43. The zero-order chi connectivity index (χ0) is 17.9. The summed E-state index contributed by atoms with van der Waals surface area (Å²) in [5.74, 6) is 3.32. The Morgan fingerprint density at radius 2 is 2.08 bits per heavy atom. The molecular formula is C20H21N3O2S. The van der Waals surface area contributed by atoms with E-state index in [9.17, 15) is 4.79 Å². The van der Waals surface area contributed by atoms with E-state index in [4.69, 9.17) is 10.5 Å². The maximum absolute atomic E-state index is 12.5. The molecule has 1 atom stereocenters. The monoisotopic (exact) mass is 367 g/mol. The lowest BCUT2D eigenvalue weighted by molar-refractivity contribution is -0.131. The van der Waals surface area contributed by atoms with Crippen LogP contribution in [0, 0.1) is 0 Å². The summed E-state index contributed by atoms with van der Waals surface area (Å²) in [7, 11) is 0. The average molecular weight is 367 g/mol. The topological polar surface area (TPSA) is 71.4 Å². The van der Waals surface area contributed by atoms with Gasteiger partial charge in [-0.15, -0.1) is 11.8 Å². The maximum Gasteiger partial charge on any atom is 0.240 e. The Bertz CT molecular complexity index is 904. The van der Waals surface area contributed by atoms with Gasteiger partial charge >= 0.3 is 0 Å². The van der Waals surface area contributed by atoms with Gasteiger partial charge in [-0.2, -0.15) is 0 Å². The van der Waals surface area contributed by atoms with Gasteiger partial charge in [-0.3, -0.25) is 4.79 Å². The Kier molecular flexibility index (Phi) is 4.86.